The quantitative estimate of drug-likeness (QED) is 0.871. The summed E-state index contributed by atoms with van der Waals surface area (Å²) in [6.45, 7) is 6.64. The molecule has 0 radical (unpaired) electrons. The Morgan fingerprint density at radius 3 is 2.56 bits per heavy atom. The Morgan fingerprint density at radius 2 is 1.89 bits per heavy atom. The number of hydrogen-bond donors (Lipinski definition) is 1. The molecule has 1 aliphatic rings. The molecule has 2 nitrogen and oxygen atoms in total. The maximum Gasteiger partial charge on any atom is 0.216 e. The minimum atomic E-state index is -0.00184. The summed E-state index contributed by atoms with van der Waals surface area (Å²) in [5.74, 6) is 0.0426. The molecule has 1 N–H and O–H groups in total. The summed E-state index contributed by atoms with van der Waals surface area (Å²) in [5.41, 5.74) is 4.35. The maximum atomic E-state index is 11.0. The van der Waals surface area contributed by atoms with Crippen molar-refractivity contribution in [3.8, 4) is 0 Å². The molecule has 1 aliphatic carbocycles. The van der Waals surface area contributed by atoms with E-state index < -0.39 is 0 Å². The highest BCUT2D eigenvalue weighted by molar-refractivity contribution is 5.72. The molecule has 2 heteroatoms. The molecule has 0 unspecified atom stereocenters. The number of amides is 1. The van der Waals surface area contributed by atoms with Gasteiger partial charge in [-0.05, 0) is 42.4 Å². The predicted molar refractivity (Wildman–Crippen MR) is 74.8 cm³/mol. The van der Waals surface area contributed by atoms with Gasteiger partial charge in [0, 0.05) is 18.9 Å². The molecule has 0 saturated carbocycles. The van der Waals surface area contributed by atoms with Crippen LogP contribution in [0.1, 0.15) is 50.3 Å². The van der Waals surface area contributed by atoms with Crippen molar-refractivity contribution in [1.29, 1.82) is 0 Å². The van der Waals surface area contributed by atoms with Crippen LogP contribution in [0.3, 0.4) is 0 Å². The van der Waals surface area contributed by atoms with Crippen molar-refractivity contribution in [2.24, 2.45) is 0 Å². The second-order valence-corrected chi connectivity index (χ2v) is 5.98. The Labute approximate surface area is 110 Å². The molecule has 0 saturated heterocycles. The van der Waals surface area contributed by atoms with Gasteiger partial charge in [0.05, 0.1) is 0 Å². The van der Waals surface area contributed by atoms with E-state index in [9.17, 15) is 4.79 Å². The van der Waals surface area contributed by atoms with Gasteiger partial charge in [-0.1, -0.05) is 32.0 Å². The Kier molecular flexibility index (Phi) is 3.74. The second kappa shape index (κ2) is 5.13. The van der Waals surface area contributed by atoms with Crippen LogP contribution in [0.2, 0.25) is 0 Å². The van der Waals surface area contributed by atoms with Crippen LogP contribution in [0, 0.1) is 0 Å². The van der Waals surface area contributed by atoms with Gasteiger partial charge in [0.15, 0.2) is 0 Å². The van der Waals surface area contributed by atoms with Gasteiger partial charge in [0.1, 0.15) is 0 Å². The number of hydrogen-bond acceptors (Lipinski definition) is 1. The fourth-order valence-electron chi connectivity index (χ4n) is 2.60. The van der Waals surface area contributed by atoms with E-state index in [-0.39, 0.29) is 11.3 Å². The molecule has 0 aromatic heterocycles. The Balaban J connectivity index is 2.19. The van der Waals surface area contributed by atoms with Gasteiger partial charge < -0.3 is 5.32 Å². The zero-order valence-electron chi connectivity index (χ0n) is 11.7. The predicted octanol–water partition coefficient (Wildman–Crippen LogP) is 2.98. The van der Waals surface area contributed by atoms with Crippen molar-refractivity contribution in [1.82, 2.24) is 5.32 Å². The Bertz CT molecular complexity index is 448. The van der Waals surface area contributed by atoms with E-state index in [2.05, 4.69) is 37.4 Å². The van der Waals surface area contributed by atoms with E-state index in [0.29, 0.717) is 6.54 Å². The molecule has 1 amide bonds. The molecule has 0 aliphatic heterocycles. The molecular formula is C16H23NO. The van der Waals surface area contributed by atoms with E-state index in [4.69, 9.17) is 0 Å². The molecule has 18 heavy (non-hydrogen) atoms. The van der Waals surface area contributed by atoms with Crippen LogP contribution in [-0.2, 0) is 23.1 Å². The van der Waals surface area contributed by atoms with Crippen LogP contribution < -0.4 is 5.32 Å². The first-order valence-corrected chi connectivity index (χ1v) is 6.86. The molecule has 0 atom stereocenters. The molecular weight excluding hydrogens is 222 g/mol. The van der Waals surface area contributed by atoms with Gasteiger partial charge >= 0.3 is 0 Å². The highest BCUT2D eigenvalue weighted by Gasteiger charge is 2.22. The lowest BCUT2D eigenvalue weighted by Gasteiger charge is -2.27. The molecule has 0 bridgehead atoms. The number of benzene rings is 1. The maximum absolute atomic E-state index is 11.0. The molecule has 1 aromatic rings. The third-order valence-electron chi connectivity index (χ3n) is 3.91. The fraction of sp³-hybridized carbons (Fsp3) is 0.562. The van der Waals surface area contributed by atoms with Gasteiger partial charge in [-0.3, -0.25) is 4.79 Å². The monoisotopic (exact) mass is 245 g/mol. The first-order valence-electron chi connectivity index (χ1n) is 6.86. The van der Waals surface area contributed by atoms with Crippen LogP contribution >= 0.6 is 0 Å². The van der Waals surface area contributed by atoms with E-state index >= 15 is 0 Å². The fourth-order valence-corrected chi connectivity index (χ4v) is 2.60. The third kappa shape index (κ3) is 2.92. The number of aryl methyl sites for hydroxylation is 2. The van der Waals surface area contributed by atoms with Crippen molar-refractivity contribution in [2.75, 3.05) is 6.54 Å². The zero-order chi connectivity index (χ0) is 13.2. The van der Waals surface area contributed by atoms with Crippen molar-refractivity contribution in [3.63, 3.8) is 0 Å². The molecule has 0 spiro atoms. The lowest BCUT2D eigenvalue weighted by molar-refractivity contribution is -0.119. The summed E-state index contributed by atoms with van der Waals surface area (Å²) < 4.78 is 0. The SMILES string of the molecule is CC(=O)NCC(C)(C)c1ccc2c(c1)CCCC2. The summed E-state index contributed by atoms with van der Waals surface area (Å²) in [6, 6.07) is 6.85. The van der Waals surface area contributed by atoms with E-state index in [0.717, 1.165) is 0 Å². The average molecular weight is 245 g/mol. The van der Waals surface area contributed by atoms with Gasteiger partial charge in [-0.2, -0.15) is 0 Å². The van der Waals surface area contributed by atoms with Crippen LogP contribution in [0.4, 0.5) is 0 Å². The zero-order valence-corrected chi connectivity index (χ0v) is 11.7. The number of carbonyl (C=O) groups excluding carboxylic acids is 1. The number of rotatable bonds is 3. The third-order valence-corrected chi connectivity index (χ3v) is 3.91. The molecule has 1 aromatic carbocycles. The summed E-state index contributed by atoms with van der Waals surface area (Å²) in [5, 5.41) is 2.93. The van der Waals surface area contributed by atoms with E-state index in [1.54, 1.807) is 6.92 Å². The van der Waals surface area contributed by atoms with Crippen molar-refractivity contribution < 1.29 is 4.79 Å². The molecule has 98 valence electrons. The van der Waals surface area contributed by atoms with E-state index in [1.165, 1.54) is 42.4 Å². The smallest absolute Gasteiger partial charge is 0.216 e. The first-order chi connectivity index (χ1) is 8.49. The van der Waals surface area contributed by atoms with Gasteiger partial charge in [-0.15, -0.1) is 0 Å². The van der Waals surface area contributed by atoms with E-state index in [1.807, 2.05) is 0 Å². The van der Waals surface area contributed by atoms with Gasteiger partial charge in [-0.25, -0.2) is 0 Å². The highest BCUT2D eigenvalue weighted by atomic mass is 16.1. The lowest BCUT2D eigenvalue weighted by Crippen LogP contribution is -2.35. The largest absolute Gasteiger partial charge is 0.355 e. The normalized spacial score (nSPS) is 15.1. The molecule has 2 rings (SSSR count). The summed E-state index contributed by atoms with van der Waals surface area (Å²) in [7, 11) is 0. The minimum absolute atomic E-state index is 0.00184. The van der Waals surface area contributed by atoms with Crippen molar-refractivity contribution in [3.05, 3.63) is 34.9 Å². The van der Waals surface area contributed by atoms with Gasteiger partial charge in [0.25, 0.3) is 0 Å². The number of fused-ring (bicyclic) bond motifs is 1. The van der Waals surface area contributed by atoms with Gasteiger partial charge in [0.2, 0.25) is 5.91 Å². The summed E-state index contributed by atoms with van der Waals surface area (Å²) >= 11 is 0. The standard InChI is InChI=1S/C16H23NO/c1-12(18)17-11-16(2,3)15-9-8-13-6-4-5-7-14(13)10-15/h8-10H,4-7,11H2,1-3H3,(H,17,18). The Morgan fingerprint density at radius 1 is 1.22 bits per heavy atom. The summed E-state index contributed by atoms with van der Waals surface area (Å²) in [4.78, 5) is 11.0. The topological polar surface area (TPSA) is 29.1 Å². The van der Waals surface area contributed by atoms with Crippen LogP contribution in [0.25, 0.3) is 0 Å². The lowest BCUT2D eigenvalue weighted by atomic mass is 9.81. The van der Waals surface area contributed by atoms with Crippen LogP contribution in [0.5, 0.6) is 0 Å². The van der Waals surface area contributed by atoms with Crippen LogP contribution in [-0.4, -0.2) is 12.5 Å². The highest BCUT2D eigenvalue weighted by Crippen LogP contribution is 2.28. The average Bonchev–Trinajstić information content (AvgIpc) is 2.36. The number of nitrogens with one attached hydrogen (secondary N) is 1. The van der Waals surface area contributed by atoms with Crippen LogP contribution in [0.15, 0.2) is 18.2 Å². The number of carbonyl (C=O) groups is 1. The summed E-state index contributed by atoms with van der Waals surface area (Å²) in [6.07, 6.45) is 5.06. The Hall–Kier alpha value is -1.31. The molecule has 0 heterocycles. The van der Waals surface area contributed by atoms with Crippen molar-refractivity contribution >= 4 is 5.91 Å². The second-order valence-electron chi connectivity index (χ2n) is 5.98. The molecule has 0 fully saturated rings. The minimum Gasteiger partial charge on any atom is -0.355 e. The van der Waals surface area contributed by atoms with Crippen molar-refractivity contribution in [2.45, 2.75) is 51.9 Å². The first kappa shape index (κ1) is 13.1.